The van der Waals surface area contributed by atoms with Crippen molar-refractivity contribution in [1.82, 2.24) is 29.2 Å². The summed E-state index contributed by atoms with van der Waals surface area (Å²) in [4.78, 5) is 36.3. The summed E-state index contributed by atoms with van der Waals surface area (Å²) in [7, 11) is 2.71. The molecule has 0 spiro atoms. The van der Waals surface area contributed by atoms with E-state index in [9.17, 15) is 28.0 Å². The summed E-state index contributed by atoms with van der Waals surface area (Å²) >= 11 is 0. The van der Waals surface area contributed by atoms with E-state index in [1.54, 1.807) is 49.3 Å². The number of hydrogen-bond acceptors (Lipinski definition) is 7. The Morgan fingerprint density at radius 1 is 1.14 bits per heavy atom. The molecule has 1 aliphatic rings. The van der Waals surface area contributed by atoms with Crippen molar-refractivity contribution >= 4 is 5.91 Å². The number of carbonyl (C=O) groups is 1. The number of hydrogen-bond donors (Lipinski definition) is 0. The largest absolute Gasteiger partial charge is 0.495 e. The predicted molar refractivity (Wildman–Crippen MR) is 145 cm³/mol. The summed E-state index contributed by atoms with van der Waals surface area (Å²) in [6.45, 7) is 4.02. The third-order valence-corrected chi connectivity index (χ3v) is 7.46. The van der Waals surface area contributed by atoms with Crippen LogP contribution in [0.2, 0.25) is 0 Å². The summed E-state index contributed by atoms with van der Waals surface area (Å²) in [6, 6.07) is 6.88. The lowest BCUT2D eigenvalue weighted by molar-refractivity contribution is -0.137. The minimum Gasteiger partial charge on any atom is -0.495 e. The van der Waals surface area contributed by atoms with E-state index in [1.165, 1.54) is 20.4 Å². The zero-order chi connectivity index (χ0) is 30.3. The number of benzene rings is 1. The lowest BCUT2D eigenvalue weighted by Crippen LogP contribution is -2.40. The van der Waals surface area contributed by atoms with E-state index in [0.717, 1.165) is 4.68 Å². The maximum atomic E-state index is 14.2. The predicted octanol–water partition coefficient (Wildman–Crippen LogP) is 4.05. The number of halogens is 3. The van der Waals surface area contributed by atoms with E-state index < -0.39 is 34.9 Å². The normalized spacial score (nSPS) is 14.0. The number of alkyl halides is 3. The average Bonchev–Trinajstić information content (AvgIpc) is 3.36. The minimum absolute atomic E-state index is 0.141. The first-order valence-corrected chi connectivity index (χ1v) is 13.0. The molecule has 0 fully saturated rings. The first-order chi connectivity index (χ1) is 19.9. The molecule has 0 aliphatic carbocycles. The van der Waals surface area contributed by atoms with E-state index >= 15 is 0 Å². The highest BCUT2D eigenvalue weighted by molar-refractivity contribution is 5.99. The first-order valence-electron chi connectivity index (χ1n) is 13.0. The molecule has 4 aromatic rings. The zero-order valence-corrected chi connectivity index (χ0v) is 23.2. The molecule has 42 heavy (non-hydrogen) atoms. The Bertz CT molecular complexity index is 1800. The number of amides is 1. The molecule has 1 aliphatic heterocycles. The van der Waals surface area contributed by atoms with E-state index in [0.29, 0.717) is 34.5 Å². The van der Waals surface area contributed by atoms with Crippen LogP contribution in [0.25, 0.3) is 11.3 Å². The lowest BCUT2D eigenvalue weighted by Gasteiger charge is -2.34. The maximum absolute atomic E-state index is 14.2. The number of ether oxygens (including phenoxy) is 1. The number of nitrogens with zero attached hydrogens (tertiary/aromatic N) is 7. The molecule has 0 radical (unpaired) electrons. The van der Waals surface area contributed by atoms with Gasteiger partial charge in [0.1, 0.15) is 28.9 Å². The maximum Gasteiger partial charge on any atom is 0.418 e. The van der Waals surface area contributed by atoms with Crippen molar-refractivity contribution in [2.24, 2.45) is 7.05 Å². The Labute approximate surface area is 238 Å². The van der Waals surface area contributed by atoms with Crippen molar-refractivity contribution in [3.05, 3.63) is 92.5 Å². The number of carbonyl (C=O) groups excluding carboxylic acids is 1. The van der Waals surface area contributed by atoms with Crippen molar-refractivity contribution in [1.29, 1.82) is 5.26 Å². The highest BCUT2D eigenvalue weighted by Crippen LogP contribution is 2.40. The number of rotatable bonds is 6. The number of nitriles is 1. The summed E-state index contributed by atoms with van der Waals surface area (Å²) in [5, 5.41) is 13.3. The minimum atomic E-state index is -4.85. The van der Waals surface area contributed by atoms with Gasteiger partial charge in [-0.15, -0.1) is 0 Å². The van der Waals surface area contributed by atoms with Gasteiger partial charge in [0.25, 0.3) is 11.5 Å². The van der Waals surface area contributed by atoms with Crippen LogP contribution in [0.4, 0.5) is 13.2 Å². The Kier molecular flexibility index (Phi) is 7.32. The lowest BCUT2D eigenvalue weighted by atomic mass is 9.88. The van der Waals surface area contributed by atoms with Gasteiger partial charge in [-0.2, -0.15) is 23.5 Å². The van der Waals surface area contributed by atoms with Crippen molar-refractivity contribution in [3.63, 3.8) is 0 Å². The third kappa shape index (κ3) is 5.11. The van der Waals surface area contributed by atoms with Gasteiger partial charge >= 0.3 is 6.18 Å². The monoisotopic (exact) mass is 577 g/mol. The van der Waals surface area contributed by atoms with Crippen molar-refractivity contribution < 1.29 is 22.7 Å². The van der Waals surface area contributed by atoms with Gasteiger partial charge in [-0.1, -0.05) is 0 Å². The summed E-state index contributed by atoms with van der Waals surface area (Å²) < 4.78 is 50.5. The summed E-state index contributed by atoms with van der Waals surface area (Å²) in [6.07, 6.45) is 0.110. The Balaban J connectivity index is 1.66. The zero-order valence-electron chi connectivity index (χ0n) is 23.2. The van der Waals surface area contributed by atoms with Crippen molar-refractivity contribution in [2.45, 2.75) is 39.0 Å². The number of aromatic nitrogens is 5. The molecule has 13 heteroatoms. The Morgan fingerprint density at radius 3 is 2.52 bits per heavy atom. The number of fused-ring (bicyclic) bond motifs is 1. The fourth-order valence-electron chi connectivity index (χ4n) is 5.17. The molecule has 1 atom stereocenters. The number of imidazole rings is 1. The highest BCUT2D eigenvalue weighted by Gasteiger charge is 2.38. The summed E-state index contributed by atoms with van der Waals surface area (Å²) in [5.41, 5.74) is -0.383. The molecule has 10 nitrogen and oxygen atoms in total. The Hall–Kier alpha value is -4.99. The number of aryl methyl sites for hydroxylation is 2. The van der Waals surface area contributed by atoms with Crippen LogP contribution in [-0.4, -0.2) is 48.8 Å². The SMILES string of the molecule is COc1cc(C(C)N2CCc3c(cc(Cn4ccnc4C)cc3-c3nn(C)c(=O)cc3C(F)(F)F)C2=O)ncc1C#N. The van der Waals surface area contributed by atoms with Crippen LogP contribution in [0, 0.1) is 18.3 Å². The molecular formula is C29H26F3N7O3. The van der Waals surface area contributed by atoms with Crippen LogP contribution in [-0.2, 0) is 26.2 Å². The van der Waals surface area contributed by atoms with Gasteiger partial charge in [0, 0.05) is 62.0 Å². The van der Waals surface area contributed by atoms with Crippen LogP contribution >= 0.6 is 0 Å². The number of methoxy groups -OCH3 is 1. The molecule has 1 amide bonds. The summed E-state index contributed by atoms with van der Waals surface area (Å²) in [5.74, 6) is 0.616. The van der Waals surface area contributed by atoms with Crippen LogP contribution in [0.3, 0.4) is 0 Å². The standard InChI is InChI=1S/C29H26F3N7O3/c1-16(24-12-25(42-4)19(13-33)14-35-24)39-7-5-20-21(27-23(29(30,31)32)11-26(40)37(3)36-27)9-18(10-22(20)28(39)41)15-38-8-6-34-17(38)2/h6,8-12,14,16H,5,7,15H2,1-4H3. The van der Waals surface area contributed by atoms with Crippen LogP contribution < -0.4 is 10.3 Å². The van der Waals surface area contributed by atoms with Gasteiger partial charge in [-0.25, -0.2) is 9.67 Å². The molecule has 3 aromatic heterocycles. The van der Waals surface area contributed by atoms with Crippen LogP contribution in [0.15, 0.2) is 47.7 Å². The smallest absolute Gasteiger partial charge is 0.418 e. The number of pyridine rings is 1. The van der Waals surface area contributed by atoms with Gasteiger partial charge in [0.2, 0.25) is 0 Å². The molecule has 1 aromatic carbocycles. The second kappa shape index (κ2) is 10.8. The van der Waals surface area contributed by atoms with E-state index in [-0.39, 0.29) is 36.2 Å². The van der Waals surface area contributed by atoms with E-state index in [4.69, 9.17) is 4.74 Å². The van der Waals surface area contributed by atoms with Gasteiger partial charge in [-0.05, 0) is 43.5 Å². The second-order valence-electron chi connectivity index (χ2n) is 9.98. The van der Waals surface area contributed by atoms with E-state index in [1.807, 2.05) is 10.6 Å². The molecule has 0 bridgehead atoms. The molecule has 4 heterocycles. The Morgan fingerprint density at radius 2 is 1.88 bits per heavy atom. The molecule has 0 N–H and O–H groups in total. The third-order valence-electron chi connectivity index (χ3n) is 7.46. The van der Waals surface area contributed by atoms with Gasteiger partial charge in [0.05, 0.1) is 24.4 Å². The second-order valence-corrected chi connectivity index (χ2v) is 9.98. The quantitative estimate of drug-likeness (QED) is 0.339. The van der Waals surface area contributed by atoms with Crippen molar-refractivity contribution in [2.75, 3.05) is 13.7 Å². The fraction of sp³-hybridized carbons (Fsp3) is 0.310. The van der Waals surface area contributed by atoms with Gasteiger partial charge in [-0.3, -0.25) is 14.6 Å². The van der Waals surface area contributed by atoms with Crippen LogP contribution in [0.1, 0.15) is 57.1 Å². The van der Waals surface area contributed by atoms with Gasteiger partial charge in [0.15, 0.2) is 0 Å². The van der Waals surface area contributed by atoms with Gasteiger partial charge < -0.3 is 14.2 Å². The van der Waals surface area contributed by atoms with Crippen molar-refractivity contribution in [3.8, 4) is 23.1 Å². The topological polar surface area (TPSA) is 119 Å². The highest BCUT2D eigenvalue weighted by atomic mass is 19.4. The molecule has 0 saturated heterocycles. The fourth-order valence-corrected chi connectivity index (χ4v) is 5.17. The molecule has 216 valence electrons. The van der Waals surface area contributed by atoms with E-state index in [2.05, 4.69) is 15.1 Å². The molecule has 0 saturated carbocycles. The van der Waals surface area contributed by atoms with Crippen LogP contribution in [0.5, 0.6) is 5.75 Å². The first kappa shape index (κ1) is 28.5. The molecule has 5 rings (SSSR count). The average molecular weight is 578 g/mol. The molecule has 1 unspecified atom stereocenters. The molecular weight excluding hydrogens is 551 g/mol.